The predicted octanol–water partition coefficient (Wildman–Crippen LogP) is 2.99. The van der Waals surface area contributed by atoms with Gasteiger partial charge in [-0.25, -0.2) is 0 Å². The van der Waals surface area contributed by atoms with Crippen molar-refractivity contribution in [3.63, 3.8) is 0 Å². The molecule has 114 valence electrons. The number of hydrogen-bond acceptors (Lipinski definition) is 3. The van der Waals surface area contributed by atoms with Crippen molar-refractivity contribution in [3.8, 4) is 0 Å². The minimum Gasteiger partial charge on any atom is -0.481 e. The number of anilines is 1. The lowest BCUT2D eigenvalue weighted by atomic mass is 9.94. The molecular weight excluding hydrogens is 336 g/mol. The Labute approximate surface area is 132 Å². The summed E-state index contributed by atoms with van der Waals surface area (Å²) in [4.78, 5) is 22.6. The largest absolute Gasteiger partial charge is 0.481 e. The van der Waals surface area contributed by atoms with Gasteiger partial charge < -0.3 is 16.2 Å². The number of carbonyl (C=O) groups excluding carboxylic acids is 1. The number of halogens is 1. The maximum absolute atomic E-state index is 11.4. The highest BCUT2D eigenvalue weighted by atomic mass is 79.9. The van der Waals surface area contributed by atoms with Crippen LogP contribution in [0.1, 0.15) is 42.5 Å². The number of nitrogens with one attached hydrogen (secondary N) is 1. The normalized spacial score (nSPS) is 22.3. The second-order valence-corrected chi connectivity index (χ2v) is 6.25. The van der Waals surface area contributed by atoms with Crippen LogP contribution in [0.5, 0.6) is 0 Å². The van der Waals surface area contributed by atoms with Crippen LogP contribution in [0.4, 0.5) is 5.69 Å². The van der Waals surface area contributed by atoms with Crippen LogP contribution < -0.4 is 11.1 Å². The van der Waals surface area contributed by atoms with Crippen LogP contribution in [-0.2, 0) is 4.79 Å². The van der Waals surface area contributed by atoms with Gasteiger partial charge in [-0.3, -0.25) is 9.59 Å². The zero-order valence-corrected chi connectivity index (χ0v) is 13.2. The first kappa shape index (κ1) is 15.8. The van der Waals surface area contributed by atoms with Crippen LogP contribution >= 0.6 is 15.9 Å². The van der Waals surface area contributed by atoms with Crippen molar-refractivity contribution in [1.82, 2.24) is 0 Å². The first-order chi connectivity index (χ1) is 9.99. The summed E-state index contributed by atoms with van der Waals surface area (Å²) >= 11 is 3.40. The molecule has 5 nitrogen and oxygen atoms in total. The first-order valence-corrected chi connectivity index (χ1v) is 7.87. The van der Waals surface area contributed by atoms with Gasteiger partial charge in [0.2, 0.25) is 5.91 Å². The number of carboxylic acids is 1. The Morgan fingerprint density at radius 1 is 1.24 bits per heavy atom. The van der Waals surface area contributed by atoms with Gasteiger partial charge in [0.15, 0.2) is 0 Å². The molecule has 1 aliphatic carbocycles. The lowest BCUT2D eigenvalue weighted by Crippen LogP contribution is -2.33. The maximum Gasteiger partial charge on any atom is 0.308 e. The Kier molecular flexibility index (Phi) is 5.22. The number of rotatable bonds is 4. The third-order valence-electron chi connectivity index (χ3n) is 3.93. The van der Waals surface area contributed by atoms with Crippen molar-refractivity contribution in [2.45, 2.75) is 38.1 Å². The van der Waals surface area contributed by atoms with E-state index < -0.39 is 11.9 Å². The predicted molar refractivity (Wildman–Crippen MR) is 84.3 cm³/mol. The van der Waals surface area contributed by atoms with Crippen molar-refractivity contribution < 1.29 is 14.7 Å². The van der Waals surface area contributed by atoms with Crippen LogP contribution in [0.3, 0.4) is 0 Å². The van der Waals surface area contributed by atoms with E-state index >= 15 is 0 Å². The maximum atomic E-state index is 11.4. The van der Waals surface area contributed by atoms with E-state index in [1.807, 2.05) is 0 Å². The summed E-state index contributed by atoms with van der Waals surface area (Å²) in [7, 11) is 0. The number of primary amides is 1. The topological polar surface area (TPSA) is 92.4 Å². The molecule has 21 heavy (non-hydrogen) atoms. The van der Waals surface area contributed by atoms with Crippen LogP contribution in [-0.4, -0.2) is 23.0 Å². The minimum absolute atomic E-state index is 0.0965. The number of carbonyl (C=O) groups is 2. The number of nitrogens with two attached hydrogens (primary N) is 1. The van der Waals surface area contributed by atoms with Gasteiger partial charge in [-0.1, -0.05) is 19.3 Å². The fraction of sp³-hybridized carbons (Fsp3) is 0.467. The van der Waals surface area contributed by atoms with Crippen LogP contribution in [0.25, 0.3) is 0 Å². The van der Waals surface area contributed by atoms with Gasteiger partial charge in [0.25, 0.3) is 0 Å². The number of carboxylic acid groups (broad SMARTS) is 1. The van der Waals surface area contributed by atoms with E-state index in [0.29, 0.717) is 16.5 Å². The molecule has 0 heterocycles. The summed E-state index contributed by atoms with van der Waals surface area (Å²) in [6.45, 7) is 0. The molecule has 0 bridgehead atoms. The number of benzene rings is 1. The van der Waals surface area contributed by atoms with E-state index in [9.17, 15) is 14.7 Å². The average Bonchev–Trinajstić information content (AvgIpc) is 2.66. The fourth-order valence-electron chi connectivity index (χ4n) is 2.76. The van der Waals surface area contributed by atoms with Crippen molar-refractivity contribution >= 4 is 33.5 Å². The third-order valence-corrected chi connectivity index (χ3v) is 4.58. The molecule has 0 aromatic heterocycles. The molecular formula is C15H19BrN2O3. The number of hydrogen-bond donors (Lipinski definition) is 3. The van der Waals surface area contributed by atoms with Gasteiger partial charge in [0, 0.05) is 21.8 Å². The molecule has 2 atom stereocenters. The highest BCUT2D eigenvalue weighted by Crippen LogP contribution is 2.30. The standard InChI is InChI=1S/C15H19BrN2O3/c16-11-8-9(14(17)19)6-7-13(11)18-12-5-3-1-2-4-10(12)15(20)21/h6-8,10,12,18H,1-5H2,(H2,17,19)(H,20,21). The molecule has 2 unspecified atom stereocenters. The van der Waals surface area contributed by atoms with E-state index in [2.05, 4.69) is 21.2 Å². The van der Waals surface area contributed by atoms with E-state index in [4.69, 9.17) is 5.73 Å². The smallest absolute Gasteiger partial charge is 0.308 e. The average molecular weight is 355 g/mol. The molecule has 1 aromatic carbocycles. The monoisotopic (exact) mass is 354 g/mol. The fourth-order valence-corrected chi connectivity index (χ4v) is 3.25. The van der Waals surface area contributed by atoms with Crippen molar-refractivity contribution in [2.75, 3.05) is 5.32 Å². The molecule has 1 aliphatic rings. The molecule has 1 aromatic rings. The Morgan fingerprint density at radius 3 is 2.57 bits per heavy atom. The highest BCUT2D eigenvalue weighted by Gasteiger charge is 2.29. The van der Waals surface area contributed by atoms with E-state index in [1.165, 1.54) is 0 Å². The van der Waals surface area contributed by atoms with Gasteiger partial charge >= 0.3 is 5.97 Å². The Hall–Kier alpha value is -1.56. The Morgan fingerprint density at radius 2 is 1.95 bits per heavy atom. The summed E-state index contributed by atoms with van der Waals surface area (Å²) in [5, 5.41) is 12.7. The van der Waals surface area contributed by atoms with E-state index in [0.717, 1.165) is 31.4 Å². The summed E-state index contributed by atoms with van der Waals surface area (Å²) in [6, 6.07) is 4.95. The summed E-state index contributed by atoms with van der Waals surface area (Å²) in [5.74, 6) is -1.62. The first-order valence-electron chi connectivity index (χ1n) is 7.07. The minimum atomic E-state index is -0.751. The lowest BCUT2D eigenvalue weighted by molar-refractivity contribution is -0.142. The molecule has 1 saturated carbocycles. The highest BCUT2D eigenvalue weighted by molar-refractivity contribution is 9.10. The van der Waals surface area contributed by atoms with Crippen LogP contribution in [0.15, 0.2) is 22.7 Å². The number of amides is 1. The second kappa shape index (κ2) is 6.93. The lowest BCUT2D eigenvalue weighted by Gasteiger charge is -2.24. The van der Waals surface area contributed by atoms with Crippen LogP contribution in [0.2, 0.25) is 0 Å². The van der Waals surface area contributed by atoms with Gasteiger partial charge in [-0.15, -0.1) is 0 Å². The van der Waals surface area contributed by atoms with Crippen molar-refractivity contribution in [2.24, 2.45) is 11.7 Å². The molecule has 2 rings (SSSR count). The van der Waals surface area contributed by atoms with Crippen LogP contribution in [0, 0.1) is 5.92 Å². The zero-order chi connectivity index (χ0) is 15.4. The van der Waals surface area contributed by atoms with Gasteiger partial charge in [0.1, 0.15) is 0 Å². The quantitative estimate of drug-likeness (QED) is 0.724. The molecule has 4 N–H and O–H groups in total. The third kappa shape index (κ3) is 3.97. The number of aliphatic carboxylic acids is 1. The Balaban J connectivity index is 2.18. The van der Waals surface area contributed by atoms with Gasteiger partial charge in [0.05, 0.1) is 5.92 Å². The summed E-state index contributed by atoms with van der Waals surface area (Å²) < 4.78 is 0.715. The molecule has 1 fully saturated rings. The molecule has 6 heteroatoms. The molecule has 0 saturated heterocycles. The van der Waals surface area contributed by atoms with Gasteiger partial charge in [-0.2, -0.15) is 0 Å². The SMILES string of the molecule is NC(=O)c1ccc(NC2CCCCCC2C(=O)O)c(Br)c1. The van der Waals surface area contributed by atoms with E-state index in [1.54, 1.807) is 18.2 Å². The van der Waals surface area contributed by atoms with Gasteiger partial charge in [-0.05, 0) is 47.0 Å². The molecule has 0 spiro atoms. The van der Waals surface area contributed by atoms with Crippen molar-refractivity contribution in [1.29, 1.82) is 0 Å². The Bertz CT molecular complexity index is 548. The molecule has 0 aliphatic heterocycles. The van der Waals surface area contributed by atoms with Crippen molar-refractivity contribution in [3.05, 3.63) is 28.2 Å². The molecule has 1 amide bonds. The summed E-state index contributed by atoms with van der Waals surface area (Å²) in [5.41, 5.74) is 6.45. The molecule has 0 radical (unpaired) electrons. The zero-order valence-electron chi connectivity index (χ0n) is 11.6. The summed E-state index contributed by atoms with van der Waals surface area (Å²) in [6.07, 6.45) is 4.59. The second-order valence-electron chi connectivity index (χ2n) is 5.39. The van der Waals surface area contributed by atoms with E-state index in [-0.39, 0.29) is 12.0 Å².